The van der Waals surface area contributed by atoms with E-state index in [2.05, 4.69) is 0 Å². The number of methoxy groups -OCH3 is 1. The maximum atomic E-state index is 12.7. The minimum Gasteiger partial charge on any atom is -0.497 e. The molecule has 30 heavy (non-hydrogen) atoms. The summed E-state index contributed by atoms with van der Waals surface area (Å²) in [6, 6.07) is 5.24. The van der Waals surface area contributed by atoms with Crippen molar-refractivity contribution >= 4 is 28.8 Å². The molecule has 2 heterocycles. The van der Waals surface area contributed by atoms with Crippen molar-refractivity contribution in [3.63, 3.8) is 0 Å². The van der Waals surface area contributed by atoms with Gasteiger partial charge in [-0.2, -0.15) is 0 Å². The van der Waals surface area contributed by atoms with Gasteiger partial charge in [0.05, 0.1) is 18.9 Å². The van der Waals surface area contributed by atoms with E-state index in [0.29, 0.717) is 35.1 Å². The van der Waals surface area contributed by atoms with Crippen LogP contribution in [0.2, 0.25) is 0 Å². The second kappa shape index (κ2) is 7.93. The molecule has 1 aromatic carbocycles. The summed E-state index contributed by atoms with van der Waals surface area (Å²) in [5.74, 6) is -1.37. The Hall–Kier alpha value is -3.16. The third-order valence-electron chi connectivity index (χ3n) is 6.01. The first-order valence-electron chi connectivity index (χ1n) is 10.0. The number of nitrogens with zero attached hydrogens (tertiary/aromatic N) is 1. The number of fused-ring (bicyclic) bond motifs is 2. The van der Waals surface area contributed by atoms with Gasteiger partial charge < -0.3 is 13.9 Å². The SMILES string of the molecule is COc1ccc2c(COC(=O)[C@H](C)N3C(=O)[C@H]4CCCC[C@H]4C3=O)cc(=O)oc2c1. The number of imide groups is 1. The van der Waals surface area contributed by atoms with Crippen molar-refractivity contribution < 1.29 is 28.3 Å². The molecule has 8 nitrogen and oxygen atoms in total. The van der Waals surface area contributed by atoms with Crippen LogP contribution in [-0.4, -0.2) is 35.8 Å². The van der Waals surface area contributed by atoms with Gasteiger partial charge in [0.25, 0.3) is 0 Å². The topological polar surface area (TPSA) is 103 Å². The fourth-order valence-corrected chi connectivity index (χ4v) is 4.40. The summed E-state index contributed by atoms with van der Waals surface area (Å²) in [6.45, 7) is 1.32. The van der Waals surface area contributed by atoms with Gasteiger partial charge in [0.2, 0.25) is 11.8 Å². The van der Waals surface area contributed by atoms with Crippen molar-refractivity contribution in [2.45, 2.75) is 45.3 Å². The van der Waals surface area contributed by atoms with E-state index in [0.717, 1.165) is 17.7 Å². The lowest BCUT2D eigenvalue weighted by molar-refractivity contribution is -0.159. The summed E-state index contributed by atoms with van der Waals surface area (Å²) in [4.78, 5) is 50.9. The van der Waals surface area contributed by atoms with Crippen molar-refractivity contribution in [1.29, 1.82) is 0 Å². The van der Waals surface area contributed by atoms with Gasteiger partial charge >= 0.3 is 11.6 Å². The summed E-state index contributed by atoms with van der Waals surface area (Å²) in [6.07, 6.45) is 3.20. The number of carbonyl (C=O) groups excluding carboxylic acids is 3. The normalized spacial score (nSPS) is 22.1. The molecule has 8 heteroatoms. The Kier molecular flexibility index (Phi) is 5.32. The summed E-state index contributed by atoms with van der Waals surface area (Å²) in [7, 11) is 1.50. The molecule has 0 spiro atoms. The maximum Gasteiger partial charge on any atom is 0.336 e. The van der Waals surface area contributed by atoms with Crippen LogP contribution in [0.1, 0.15) is 38.2 Å². The monoisotopic (exact) mass is 413 g/mol. The van der Waals surface area contributed by atoms with Gasteiger partial charge in [-0.1, -0.05) is 12.8 Å². The summed E-state index contributed by atoms with van der Waals surface area (Å²) in [5.41, 5.74) is 0.205. The van der Waals surface area contributed by atoms with Gasteiger partial charge in [-0.05, 0) is 31.9 Å². The van der Waals surface area contributed by atoms with Crippen LogP contribution in [0.25, 0.3) is 11.0 Å². The third kappa shape index (κ3) is 3.46. The third-order valence-corrected chi connectivity index (χ3v) is 6.01. The Labute approximate surface area is 172 Å². The van der Waals surface area contributed by atoms with Crippen LogP contribution in [0.5, 0.6) is 5.75 Å². The lowest BCUT2D eigenvalue weighted by Crippen LogP contribution is -2.44. The second-order valence-electron chi connectivity index (χ2n) is 7.78. The molecule has 2 fully saturated rings. The first-order chi connectivity index (χ1) is 14.4. The van der Waals surface area contributed by atoms with E-state index < -0.39 is 17.6 Å². The predicted octanol–water partition coefficient (Wildman–Crippen LogP) is 2.41. The van der Waals surface area contributed by atoms with E-state index >= 15 is 0 Å². The Bertz CT molecular complexity index is 1050. The fourth-order valence-electron chi connectivity index (χ4n) is 4.40. The van der Waals surface area contributed by atoms with Crippen molar-refractivity contribution in [1.82, 2.24) is 4.90 Å². The van der Waals surface area contributed by atoms with E-state index in [1.807, 2.05) is 0 Å². The van der Waals surface area contributed by atoms with Crippen molar-refractivity contribution in [3.8, 4) is 5.75 Å². The fraction of sp³-hybridized carbons (Fsp3) is 0.455. The maximum absolute atomic E-state index is 12.7. The highest BCUT2D eigenvalue weighted by atomic mass is 16.5. The number of esters is 1. The number of likely N-dealkylation sites (tertiary alicyclic amines) is 1. The molecule has 2 aromatic rings. The second-order valence-corrected chi connectivity index (χ2v) is 7.78. The molecular weight excluding hydrogens is 390 g/mol. The van der Waals surface area contributed by atoms with Crippen LogP contribution in [0.3, 0.4) is 0 Å². The molecule has 1 aliphatic heterocycles. The van der Waals surface area contributed by atoms with E-state index in [-0.39, 0.29) is 30.3 Å². The summed E-state index contributed by atoms with van der Waals surface area (Å²) < 4.78 is 15.7. The largest absolute Gasteiger partial charge is 0.497 e. The van der Waals surface area contributed by atoms with E-state index in [1.165, 1.54) is 20.1 Å². The molecule has 0 bridgehead atoms. The molecule has 3 atom stereocenters. The first-order valence-corrected chi connectivity index (χ1v) is 10.0. The van der Waals surface area contributed by atoms with Gasteiger partial charge in [-0.25, -0.2) is 9.59 Å². The lowest BCUT2D eigenvalue weighted by Gasteiger charge is -2.21. The average molecular weight is 413 g/mol. The minimum atomic E-state index is -1.01. The minimum absolute atomic E-state index is 0.180. The zero-order valence-electron chi connectivity index (χ0n) is 16.9. The van der Waals surface area contributed by atoms with E-state index in [1.54, 1.807) is 18.2 Å². The van der Waals surface area contributed by atoms with Crippen LogP contribution in [0, 0.1) is 11.8 Å². The molecule has 0 N–H and O–H groups in total. The van der Waals surface area contributed by atoms with Gasteiger partial charge in [-0.15, -0.1) is 0 Å². The van der Waals surface area contributed by atoms with Crippen LogP contribution >= 0.6 is 0 Å². The molecule has 2 aliphatic rings. The molecule has 1 saturated carbocycles. The number of carbonyl (C=O) groups is 3. The van der Waals surface area contributed by atoms with Crippen molar-refractivity contribution in [2.24, 2.45) is 11.8 Å². The molecule has 158 valence electrons. The van der Waals surface area contributed by atoms with Crippen molar-refractivity contribution in [2.75, 3.05) is 7.11 Å². The summed E-state index contributed by atoms with van der Waals surface area (Å²) in [5, 5.41) is 0.607. The molecule has 1 aromatic heterocycles. The highest BCUT2D eigenvalue weighted by Gasteiger charge is 2.51. The summed E-state index contributed by atoms with van der Waals surface area (Å²) >= 11 is 0. The van der Waals surface area contributed by atoms with E-state index in [4.69, 9.17) is 13.9 Å². The zero-order valence-corrected chi connectivity index (χ0v) is 16.9. The Morgan fingerprint density at radius 3 is 2.43 bits per heavy atom. The number of amides is 2. The standard InChI is InChI=1S/C22H23NO7/c1-12(23-20(25)16-5-3-4-6-17(16)21(23)26)22(27)29-11-13-9-19(24)30-18-10-14(28-2)7-8-15(13)18/h7-10,12,16-17H,3-6,11H2,1-2H3/t12-,16-,17+/m0/s1. The number of hydrogen-bond acceptors (Lipinski definition) is 7. The van der Waals surface area contributed by atoms with Crippen LogP contribution in [-0.2, 0) is 25.7 Å². The Morgan fingerprint density at radius 2 is 1.80 bits per heavy atom. The van der Waals surface area contributed by atoms with Gasteiger partial charge in [0, 0.05) is 23.1 Å². The number of benzene rings is 1. The number of hydrogen-bond donors (Lipinski definition) is 0. The van der Waals surface area contributed by atoms with Crippen LogP contribution in [0.15, 0.2) is 33.5 Å². The molecule has 4 rings (SSSR count). The predicted molar refractivity (Wildman–Crippen MR) is 106 cm³/mol. The molecule has 1 aliphatic carbocycles. The smallest absolute Gasteiger partial charge is 0.336 e. The van der Waals surface area contributed by atoms with Gasteiger partial charge in [-0.3, -0.25) is 14.5 Å². The highest BCUT2D eigenvalue weighted by Crippen LogP contribution is 2.39. The van der Waals surface area contributed by atoms with E-state index in [9.17, 15) is 19.2 Å². The van der Waals surface area contributed by atoms with Crippen LogP contribution in [0.4, 0.5) is 0 Å². The highest BCUT2D eigenvalue weighted by molar-refractivity contribution is 6.07. The molecular formula is C22H23NO7. The van der Waals surface area contributed by atoms with Crippen LogP contribution < -0.4 is 10.4 Å². The van der Waals surface area contributed by atoms with Gasteiger partial charge in [0.1, 0.15) is 24.0 Å². The quantitative estimate of drug-likeness (QED) is 0.421. The molecule has 2 amide bonds. The van der Waals surface area contributed by atoms with Crippen molar-refractivity contribution in [3.05, 3.63) is 40.2 Å². The number of ether oxygens (including phenoxy) is 2. The van der Waals surface area contributed by atoms with Gasteiger partial charge in [0.15, 0.2) is 0 Å². The zero-order chi connectivity index (χ0) is 21.4. The Balaban J connectivity index is 1.50. The number of rotatable bonds is 5. The molecule has 0 unspecified atom stereocenters. The molecule has 0 radical (unpaired) electrons. The Morgan fingerprint density at radius 1 is 1.13 bits per heavy atom. The molecule has 1 saturated heterocycles. The lowest BCUT2D eigenvalue weighted by atomic mass is 9.81. The average Bonchev–Trinajstić information content (AvgIpc) is 3.01. The first kappa shape index (κ1) is 20.1.